The molecule has 0 unspecified atom stereocenters. The van der Waals surface area contributed by atoms with Crippen LogP contribution in [0.25, 0.3) is 0 Å². The summed E-state index contributed by atoms with van der Waals surface area (Å²) < 4.78 is 5.57. The van der Waals surface area contributed by atoms with Crippen LogP contribution in [-0.2, 0) is 4.74 Å². The van der Waals surface area contributed by atoms with Crippen LogP contribution in [0.4, 0.5) is 5.82 Å². The zero-order chi connectivity index (χ0) is 13.4. The molecule has 1 heterocycles. The minimum absolute atomic E-state index is 0.0218. The van der Waals surface area contributed by atoms with Crippen LogP contribution in [0.5, 0.6) is 0 Å². The standard InChI is InChI=1S/C13H18N4O/c1-12(2)10(7-13(12,3)18-4)17-11-9(8-14)15-5-6-16-11/h5-6,10H,7H2,1-4H3,(H,16,17)/t10-,13+/m0/s1. The second-order valence-electron chi connectivity index (χ2n) is 5.42. The predicted octanol–water partition coefficient (Wildman–Crippen LogP) is 1.96. The van der Waals surface area contributed by atoms with Gasteiger partial charge >= 0.3 is 0 Å². The van der Waals surface area contributed by atoms with Gasteiger partial charge in [-0.1, -0.05) is 13.8 Å². The van der Waals surface area contributed by atoms with Crippen molar-refractivity contribution in [2.24, 2.45) is 5.41 Å². The lowest BCUT2D eigenvalue weighted by molar-refractivity contribution is -0.166. The highest BCUT2D eigenvalue weighted by Crippen LogP contribution is 2.52. The summed E-state index contributed by atoms with van der Waals surface area (Å²) in [4.78, 5) is 8.17. The minimum atomic E-state index is -0.139. The van der Waals surface area contributed by atoms with E-state index in [1.807, 2.05) is 6.07 Å². The zero-order valence-corrected chi connectivity index (χ0v) is 11.2. The van der Waals surface area contributed by atoms with E-state index in [9.17, 15) is 0 Å². The molecule has 5 nitrogen and oxygen atoms in total. The van der Waals surface area contributed by atoms with Crippen molar-refractivity contribution in [3.05, 3.63) is 18.1 Å². The molecule has 96 valence electrons. The Labute approximate surface area is 107 Å². The predicted molar refractivity (Wildman–Crippen MR) is 68.0 cm³/mol. The van der Waals surface area contributed by atoms with E-state index in [4.69, 9.17) is 10.00 Å². The van der Waals surface area contributed by atoms with Crippen molar-refractivity contribution in [3.8, 4) is 6.07 Å². The molecule has 0 spiro atoms. The van der Waals surface area contributed by atoms with Gasteiger partial charge in [-0.05, 0) is 13.3 Å². The first-order chi connectivity index (χ1) is 8.44. The fourth-order valence-electron chi connectivity index (χ4n) is 2.41. The normalized spacial score (nSPS) is 29.2. The van der Waals surface area contributed by atoms with Crippen LogP contribution >= 0.6 is 0 Å². The van der Waals surface area contributed by atoms with Crippen molar-refractivity contribution in [2.45, 2.75) is 38.8 Å². The maximum atomic E-state index is 8.98. The Hall–Kier alpha value is -1.67. The van der Waals surface area contributed by atoms with Crippen molar-refractivity contribution in [1.29, 1.82) is 5.26 Å². The molecule has 1 aromatic heterocycles. The number of hydrogen-bond acceptors (Lipinski definition) is 5. The summed E-state index contributed by atoms with van der Waals surface area (Å²) in [5.41, 5.74) is 0.172. The van der Waals surface area contributed by atoms with Crippen LogP contribution in [-0.4, -0.2) is 28.7 Å². The summed E-state index contributed by atoms with van der Waals surface area (Å²) in [5, 5.41) is 12.3. The van der Waals surface area contributed by atoms with Crippen LogP contribution in [0.2, 0.25) is 0 Å². The van der Waals surface area contributed by atoms with E-state index >= 15 is 0 Å². The molecule has 0 bridgehead atoms. The van der Waals surface area contributed by atoms with Crippen molar-refractivity contribution in [1.82, 2.24) is 9.97 Å². The Kier molecular flexibility index (Phi) is 2.99. The van der Waals surface area contributed by atoms with Gasteiger partial charge in [0.1, 0.15) is 6.07 Å². The number of aromatic nitrogens is 2. The largest absolute Gasteiger partial charge is 0.378 e. The first kappa shape index (κ1) is 12.8. The maximum Gasteiger partial charge on any atom is 0.182 e. The third-order valence-corrected chi connectivity index (χ3v) is 4.39. The number of nitrogens with zero attached hydrogens (tertiary/aromatic N) is 3. The average Bonchev–Trinajstić information content (AvgIpc) is 2.38. The molecule has 0 saturated heterocycles. The van der Waals surface area contributed by atoms with Gasteiger partial charge in [0.15, 0.2) is 11.5 Å². The molecule has 2 atom stereocenters. The minimum Gasteiger partial charge on any atom is -0.378 e. The molecule has 1 saturated carbocycles. The van der Waals surface area contributed by atoms with E-state index in [0.29, 0.717) is 11.5 Å². The number of rotatable bonds is 3. The van der Waals surface area contributed by atoms with Gasteiger partial charge < -0.3 is 10.1 Å². The van der Waals surface area contributed by atoms with Crippen molar-refractivity contribution in [2.75, 3.05) is 12.4 Å². The lowest BCUT2D eigenvalue weighted by atomic mass is 9.56. The number of anilines is 1. The third kappa shape index (κ3) is 1.73. The van der Waals surface area contributed by atoms with Crippen LogP contribution in [0.1, 0.15) is 32.9 Å². The molecule has 0 amide bonds. The Bertz CT molecular complexity index is 494. The Morgan fingerprint density at radius 2 is 2.06 bits per heavy atom. The number of nitrogens with one attached hydrogen (secondary N) is 1. The summed E-state index contributed by atoms with van der Waals surface area (Å²) >= 11 is 0. The molecule has 0 aromatic carbocycles. The van der Waals surface area contributed by atoms with E-state index in [0.717, 1.165) is 6.42 Å². The number of nitriles is 1. The van der Waals surface area contributed by atoms with Crippen LogP contribution < -0.4 is 5.32 Å². The van der Waals surface area contributed by atoms with Gasteiger partial charge in [-0.3, -0.25) is 0 Å². The first-order valence-electron chi connectivity index (χ1n) is 5.97. The smallest absolute Gasteiger partial charge is 0.182 e. The van der Waals surface area contributed by atoms with E-state index in [-0.39, 0.29) is 17.1 Å². The Balaban J connectivity index is 2.16. The second-order valence-corrected chi connectivity index (χ2v) is 5.42. The molecule has 1 fully saturated rings. The number of ether oxygens (including phenoxy) is 1. The van der Waals surface area contributed by atoms with Gasteiger partial charge in [-0.15, -0.1) is 0 Å². The fourth-order valence-corrected chi connectivity index (χ4v) is 2.41. The van der Waals surface area contributed by atoms with Crippen molar-refractivity contribution >= 4 is 5.82 Å². The van der Waals surface area contributed by atoms with Gasteiger partial charge in [-0.25, -0.2) is 9.97 Å². The number of methoxy groups -OCH3 is 1. The van der Waals surface area contributed by atoms with E-state index < -0.39 is 0 Å². The first-order valence-corrected chi connectivity index (χ1v) is 5.97. The summed E-state index contributed by atoms with van der Waals surface area (Å²) in [6.07, 6.45) is 4.00. The molecule has 1 aromatic rings. The average molecular weight is 246 g/mol. The van der Waals surface area contributed by atoms with E-state index in [1.165, 1.54) is 6.20 Å². The summed E-state index contributed by atoms with van der Waals surface area (Å²) in [6.45, 7) is 6.41. The molecule has 2 rings (SSSR count). The molecule has 0 radical (unpaired) electrons. The lowest BCUT2D eigenvalue weighted by Gasteiger charge is -2.59. The fraction of sp³-hybridized carbons (Fsp3) is 0.615. The van der Waals surface area contributed by atoms with Gasteiger partial charge in [0.25, 0.3) is 0 Å². The second kappa shape index (κ2) is 4.21. The highest BCUT2D eigenvalue weighted by Gasteiger charge is 2.57. The molecule has 1 aliphatic rings. The van der Waals surface area contributed by atoms with Gasteiger partial charge in [0, 0.05) is 31.0 Å². The summed E-state index contributed by atoms with van der Waals surface area (Å²) in [6, 6.07) is 2.27. The molecule has 1 aliphatic carbocycles. The van der Waals surface area contributed by atoms with Crippen molar-refractivity contribution in [3.63, 3.8) is 0 Å². The quantitative estimate of drug-likeness (QED) is 0.882. The monoisotopic (exact) mass is 246 g/mol. The molecular weight excluding hydrogens is 228 g/mol. The van der Waals surface area contributed by atoms with Crippen LogP contribution in [0.3, 0.4) is 0 Å². The molecule has 18 heavy (non-hydrogen) atoms. The zero-order valence-electron chi connectivity index (χ0n) is 11.2. The Morgan fingerprint density at radius 1 is 1.39 bits per heavy atom. The summed E-state index contributed by atoms with van der Waals surface area (Å²) in [7, 11) is 1.74. The van der Waals surface area contributed by atoms with Crippen molar-refractivity contribution < 1.29 is 4.74 Å². The lowest BCUT2D eigenvalue weighted by Crippen LogP contribution is -2.65. The van der Waals surface area contributed by atoms with E-state index in [2.05, 4.69) is 36.1 Å². The molecule has 5 heteroatoms. The topological polar surface area (TPSA) is 70.8 Å². The SMILES string of the molecule is CO[C@]1(C)C[C@H](Nc2nccnc2C#N)C1(C)C. The van der Waals surface area contributed by atoms with Crippen LogP contribution in [0.15, 0.2) is 12.4 Å². The molecule has 0 aliphatic heterocycles. The highest BCUT2D eigenvalue weighted by molar-refractivity contribution is 5.48. The molecule has 1 N–H and O–H groups in total. The Morgan fingerprint density at radius 3 is 2.61 bits per heavy atom. The van der Waals surface area contributed by atoms with Gasteiger partial charge in [0.2, 0.25) is 0 Å². The maximum absolute atomic E-state index is 8.98. The third-order valence-electron chi connectivity index (χ3n) is 4.39. The van der Waals surface area contributed by atoms with Gasteiger partial charge in [-0.2, -0.15) is 5.26 Å². The van der Waals surface area contributed by atoms with Gasteiger partial charge in [0.05, 0.1) is 5.60 Å². The van der Waals surface area contributed by atoms with Crippen LogP contribution in [0, 0.1) is 16.7 Å². The highest BCUT2D eigenvalue weighted by atomic mass is 16.5. The van der Waals surface area contributed by atoms with E-state index in [1.54, 1.807) is 13.3 Å². The molecular formula is C13H18N4O. The number of hydrogen-bond donors (Lipinski definition) is 1. The summed E-state index contributed by atoms with van der Waals surface area (Å²) in [5.74, 6) is 0.552.